The van der Waals surface area contributed by atoms with Gasteiger partial charge in [-0.25, -0.2) is 13.8 Å². The molecule has 3 N–H and O–H groups in total. The summed E-state index contributed by atoms with van der Waals surface area (Å²) in [7, 11) is 0. The van der Waals surface area contributed by atoms with E-state index in [1.54, 1.807) is 18.3 Å². The normalized spacial score (nSPS) is 19.8. The molecular formula is C31H27F5N4O3. The third kappa shape index (κ3) is 6.04. The highest BCUT2D eigenvalue weighted by atomic mass is 19.4. The fourth-order valence-electron chi connectivity index (χ4n) is 5.49. The zero-order chi connectivity index (χ0) is 30.5. The zero-order valence-electron chi connectivity index (χ0n) is 22.8. The Labute approximate surface area is 242 Å². The van der Waals surface area contributed by atoms with Crippen LogP contribution in [0.3, 0.4) is 0 Å². The van der Waals surface area contributed by atoms with Crippen molar-refractivity contribution in [2.45, 2.75) is 43.8 Å². The summed E-state index contributed by atoms with van der Waals surface area (Å²) in [5, 5.41) is 2.96. The molecule has 0 bridgehead atoms. The van der Waals surface area contributed by atoms with E-state index in [4.69, 9.17) is 10.2 Å². The first-order chi connectivity index (χ1) is 20.4. The van der Waals surface area contributed by atoms with Crippen LogP contribution in [0.1, 0.15) is 52.4 Å². The highest BCUT2D eigenvalue weighted by Crippen LogP contribution is 2.47. The van der Waals surface area contributed by atoms with E-state index in [0.717, 1.165) is 11.6 Å². The number of carbonyl (C=O) groups is 2. The Bertz CT molecular complexity index is 1670. The van der Waals surface area contributed by atoms with Crippen molar-refractivity contribution in [1.82, 2.24) is 15.2 Å². The number of rotatable bonds is 6. The van der Waals surface area contributed by atoms with E-state index < -0.39 is 36.4 Å². The quantitative estimate of drug-likeness (QED) is 0.251. The van der Waals surface area contributed by atoms with Gasteiger partial charge in [-0.2, -0.15) is 13.2 Å². The van der Waals surface area contributed by atoms with Crippen LogP contribution in [0.25, 0.3) is 22.1 Å². The Balaban J connectivity index is 1.17. The van der Waals surface area contributed by atoms with Crippen molar-refractivity contribution in [2.75, 3.05) is 18.8 Å². The molecule has 7 nitrogen and oxygen atoms in total. The van der Waals surface area contributed by atoms with Gasteiger partial charge < -0.3 is 20.4 Å². The summed E-state index contributed by atoms with van der Waals surface area (Å²) in [6.45, 7) is -0.212. The number of nitrogens with zero attached hydrogens (tertiary/aromatic N) is 2. The first kappa shape index (κ1) is 28.6. The molecule has 2 aliphatic rings. The molecule has 2 amide bonds. The van der Waals surface area contributed by atoms with Crippen LogP contribution < -0.4 is 11.1 Å². The van der Waals surface area contributed by atoms with Gasteiger partial charge in [-0.3, -0.25) is 9.59 Å². The Morgan fingerprint density at radius 1 is 1.02 bits per heavy atom. The molecule has 1 aliphatic heterocycles. The molecule has 2 aromatic heterocycles. The maximum absolute atomic E-state index is 14.1. The topological polar surface area (TPSA) is 101 Å². The van der Waals surface area contributed by atoms with E-state index >= 15 is 0 Å². The molecule has 12 heteroatoms. The molecule has 3 heterocycles. The van der Waals surface area contributed by atoms with E-state index in [-0.39, 0.29) is 65.2 Å². The first-order valence-electron chi connectivity index (χ1n) is 13.8. The summed E-state index contributed by atoms with van der Waals surface area (Å²) in [6.07, 6.45) is -3.26. The molecule has 2 atom stereocenters. The number of fused-ring (bicyclic) bond motifs is 1. The standard InChI is InChI=1S/C31H27F5N4O3/c32-30(33)7-9-40(10-8-30)29(42)18-3-1-17(2-4-18)20-11-21-12-22(43-27(21)25(13-20)31(34,35)36)16-39-28(41)24-14-23(24)19-5-6-26(37)38-15-19/h1-6,11-13,15,23-24H,7-10,14,16H2,(H2,37,38)(H,39,41). The smallest absolute Gasteiger partial charge is 0.420 e. The number of piperidine rings is 1. The van der Waals surface area contributed by atoms with Crippen molar-refractivity contribution >= 4 is 28.6 Å². The number of furan rings is 1. The number of hydrogen-bond acceptors (Lipinski definition) is 5. The second-order valence-corrected chi connectivity index (χ2v) is 11.1. The van der Waals surface area contributed by atoms with E-state index in [2.05, 4.69) is 10.3 Å². The predicted octanol–water partition coefficient (Wildman–Crippen LogP) is 6.39. The van der Waals surface area contributed by atoms with Crippen molar-refractivity contribution in [3.8, 4) is 11.1 Å². The number of nitrogen functional groups attached to an aromatic ring is 1. The molecule has 0 spiro atoms. The van der Waals surface area contributed by atoms with Crippen LogP contribution in [-0.4, -0.2) is 40.7 Å². The predicted molar refractivity (Wildman–Crippen MR) is 148 cm³/mol. The van der Waals surface area contributed by atoms with Gasteiger partial charge in [-0.1, -0.05) is 18.2 Å². The van der Waals surface area contributed by atoms with Gasteiger partial charge in [0.05, 0.1) is 12.1 Å². The summed E-state index contributed by atoms with van der Waals surface area (Å²) < 4.78 is 74.7. The highest BCUT2D eigenvalue weighted by Gasteiger charge is 2.44. The van der Waals surface area contributed by atoms with Crippen LogP contribution in [-0.2, 0) is 17.5 Å². The Morgan fingerprint density at radius 2 is 1.74 bits per heavy atom. The summed E-state index contributed by atoms with van der Waals surface area (Å²) in [6, 6.07) is 13.5. The second-order valence-electron chi connectivity index (χ2n) is 11.1. The minimum Gasteiger partial charge on any atom is -0.459 e. The average molecular weight is 599 g/mol. The molecule has 0 radical (unpaired) electrons. The number of likely N-dealkylation sites (tertiary alicyclic amines) is 1. The van der Waals surface area contributed by atoms with E-state index in [0.29, 0.717) is 17.8 Å². The summed E-state index contributed by atoms with van der Waals surface area (Å²) in [4.78, 5) is 30.8. The lowest BCUT2D eigenvalue weighted by atomic mass is 9.98. The molecule has 4 aromatic rings. The molecule has 43 heavy (non-hydrogen) atoms. The molecule has 6 rings (SSSR count). The molecule has 1 aliphatic carbocycles. The number of amides is 2. The number of halogens is 5. The first-order valence-corrected chi connectivity index (χ1v) is 13.8. The summed E-state index contributed by atoms with van der Waals surface area (Å²) in [5.41, 5.74) is 6.15. The number of alkyl halides is 5. The van der Waals surface area contributed by atoms with Crippen molar-refractivity contribution in [1.29, 1.82) is 0 Å². The van der Waals surface area contributed by atoms with Gasteiger partial charge in [0.25, 0.3) is 11.8 Å². The van der Waals surface area contributed by atoms with Crippen molar-refractivity contribution in [2.24, 2.45) is 5.92 Å². The lowest BCUT2D eigenvalue weighted by molar-refractivity contribution is -0.136. The van der Waals surface area contributed by atoms with Crippen molar-refractivity contribution in [3.05, 3.63) is 83.2 Å². The molecule has 2 unspecified atom stereocenters. The number of carbonyl (C=O) groups excluding carboxylic acids is 2. The van der Waals surface area contributed by atoms with Gasteiger partial charge in [0.2, 0.25) is 5.91 Å². The van der Waals surface area contributed by atoms with Gasteiger partial charge in [-0.05, 0) is 65.4 Å². The van der Waals surface area contributed by atoms with Crippen LogP contribution in [0.2, 0.25) is 0 Å². The van der Waals surface area contributed by atoms with Gasteiger partial charge in [-0.15, -0.1) is 0 Å². The number of benzene rings is 2. The van der Waals surface area contributed by atoms with Crippen LogP contribution in [0.15, 0.2) is 65.2 Å². The third-order valence-electron chi connectivity index (χ3n) is 8.02. The molecule has 1 saturated heterocycles. The van der Waals surface area contributed by atoms with Crippen molar-refractivity contribution in [3.63, 3.8) is 0 Å². The van der Waals surface area contributed by atoms with Crippen LogP contribution >= 0.6 is 0 Å². The number of anilines is 1. The highest BCUT2D eigenvalue weighted by molar-refractivity contribution is 5.95. The lowest BCUT2D eigenvalue weighted by Crippen LogP contribution is -2.42. The Hall–Kier alpha value is -4.48. The summed E-state index contributed by atoms with van der Waals surface area (Å²) >= 11 is 0. The second kappa shape index (κ2) is 10.7. The molecule has 2 fully saturated rings. The number of nitrogens with one attached hydrogen (secondary N) is 1. The number of hydrogen-bond donors (Lipinski definition) is 2. The minimum absolute atomic E-state index is 0.00875. The zero-order valence-corrected chi connectivity index (χ0v) is 22.8. The van der Waals surface area contributed by atoms with E-state index in [1.807, 2.05) is 6.07 Å². The van der Waals surface area contributed by atoms with Crippen LogP contribution in [0.4, 0.5) is 27.8 Å². The Morgan fingerprint density at radius 3 is 2.40 bits per heavy atom. The largest absolute Gasteiger partial charge is 0.459 e. The fourth-order valence-corrected chi connectivity index (χ4v) is 5.49. The number of aromatic nitrogens is 1. The molecule has 1 saturated carbocycles. The molecular weight excluding hydrogens is 571 g/mol. The van der Waals surface area contributed by atoms with Crippen molar-refractivity contribution < 1.29 is 36.0 Å². The van der Waals surface area contributed by atoms with Crippen LogP contribution in [0, 0.1) is 5.92 Å². The number of pyridine rings is 1. The van der Waals surface area contributed by atoms with Gasteiger partial charge >= 0.3 is 6.18 Å². The maximum atomic E-state index is 14.1. The van der Waals surface area contributed by atoms with Gasteiger partial charge in [0.1, 0.15) is 17.2 Å². The monoisotopic (exact) mass is 598 g/mol. The maximum Gasteiger partial charge on any atom is 0.420 e. The third-order valence-corrected chi connectivity index (χ3v) is 8.02. The molecule has 224 valence electrons. The van der Waals surface area contributed by atoms with Gasteiger partial charge in [0.15, 0.2) is 0 Å². The fraction of sp³-hybridized carbons (Fsp3) is 0.323. The molecule has 2 aromatic carbocycles. The SMILES string of the molecule is Nc1ccc(C2CC2C(=O)NCc2cc3cc(-c4ccc(C(=O)N5CCC(F)(F)CC5)cc4)cc(C(F)(F)F)c3o2)cn1. The van der Waals surface area contributed by atoms with E-state index in [1.165, 1.54) is 35.2 Å². The number of nitrogens with two attached hydrogens (primary N) is 1. The van der Waals surface area contributed by atoms with E-state index in [9.17, 15) is 31.5 Å². The summed E-state index contributed by atoms with van der Waals surface area (Å²) in [5.74, 6) is -3.12. The average Bonchev–Trinajstić information content (AvgIpc) is 3.66. The minimum atomic E-state index is -4.72. The lowest BCUT2D eigenvalue weighted by Gasteiger charge is -2.31. The van der Waals surface area contributed by atoms with Gasteiger partial charge in [0, 0.05) is 49.0 Å². The Kier molecular flexibility index (Phi) is 7.10. The van der Waals surface area contributed by atoms with Crippen LogP contribution in [0.5, 0.6) is 0 Å².